The predicted molar refractivity (Wildman–Crippen MR) is 69.7 cm³/mol. The minimum absolute atomic E-state index is 0.00486. The molecule has 1 amide bonds. The van der Waals surface area contributed by atoms with Gasteiger partial charge in [-0.15, -0.1) is 0 Å². The molecule has 8 heteroatoms. The van der Waals surface area contributed by atoms with E-state index in [1.54, 1.807) is 17.0 Å². The van der Waals surface area contributed by atoms with Crippen LogP contribution in [0.1, 0.15) is 22.2 Å². The van der Waals surface area contributed by atoms with Crippen molar-refractivity contribution in [2.45, 2.75) is 6.10 Å². The second-order valence-electron chi connectivity index (χ2n) is 4.66. The fourth-order valence-electron chi connectivity index (χ4n) is 2.21. The van der Waals surface area contributed by atoms with Crippen LogP contribution in [-0.4, -0.2) is 40.8 Å². The zero-order chi connectivity index (χ0) is 14.8. The van der Waals surface area contributed by atoms with Crippen molar-refractivity contribution in [2.24, 2.45) is 0 Å². The first-order valence-corrected chi connectivity index (χ1v) is 6.39. The van der Waals surface area contributed by atoms with E-state index in [1.807, 2.05) is 0 Å². The van der Waals surface area contributed by atoms with Gasteiger partial charge in [0.25, 0.3) is 5.91 Å². The Morgan fingerprint density at radius 3 is 2.76 bits per heavy atom. The van der Waals surface area contributed by atoms with Crippen LogP contribution in [0, 0.1) is 5.82 Å². The van der Waals surface area contributed by atoms with Crippen LogP contribution in [0.15, 0.2) is 28.9 Å². The van der Waals surface area contributed by atoms with E-state index in [2.05, 4.69) is 14.9 Å². The molecule has 7 nitrogen and oxygen atoms in total. The van der Waals surface area contributed by atoms with Crippen LogP contribution in [-0.2, 0) is 4.74 Å². The van der Waals surface area contributed by atoms with Crippen molar-refractivity contribution >= 4 is 11.7 Å². The number of morpholine rings is 1. The molecule has 1 aromatic heterocycles. The monoisotopic (exact) mass is 292 g/mol. The smallest absolute Gasteiger partial charge is 0.280 e. The van der Waals surface area contributed by atoms with Crippen LogP contribution in [0.5, 0.6) is 0 Å². The van der Waals surface area contributed by atoms with Crippen molar-refractivity contribution in [3.63, 3.8) is 0 Å². The number of amides is 1. The van der Waals surface area contributed by atoms with E-state index in [4.69, 9.17) is 10.5 Å². The number of hydrogen-bond donors (Lipinski definition) is 1. The van der Waals surface area contributed by atoms with Gasteiger partial charge in [0.2, 0.25) is 11.5 Å². The third-order valence-corrected chi connectivity index (χ3v) is 3.31. The number of nitrogens with two attached hydrogens (primary N) is 1. The average molecular weight is 292 g/mol. The summed E-state index contributed by atoms with van der Waals surface area (Å²) in [7, 11) is 0. The SMILES string of the molecule is Nc1nonc1C(=O)N1CCOC(c2ccc(F)cc2)C1. The summed E-state index contributed by atoms with van der Waals surface area (Å²) in [5, 5.41) is 6.90. The Hall–Kier alpha value is -2.48. The molecule has 1 aromatic carbocycles. The second-order valence-corrected chi connectivity index (χ2v) is 4.66. The topological polar surface area (TPSA) is 94.5 Å². The Bertz CT molecular complexity index is 643. The van der Waals surface area contributed by atoms with Gasteiger partial charge in [-0.3, -0.25) is 4.79 Å². The summed E-state index contributed by atoms with van der Waals surface area (Å²) in [4.78, 5) is 13.8. The van der Waals surface area contributed by atoms with Gasteiger partial charge in [0, 0.05) is 6.54 Å². The zero-order valence-electron chi connectivity index (χ0n) is 11.0. The lowest BCUT2D eigenvalue weighted by atomic mass is 10.1. The minimum atomic E-state index is -0.357. The number of carbonyl (C=O) groups excluding carboxylic acids is 1. The van der Waals surface area contributed by atoms with E-state index in [9.17, 15) is 9.18 Å². The third kappa shape index (κ3) is 2.70. The fourth-order valence-corrected chi connectivity index (χ4v) is 2.21. The van der Waals surface area contributed by atoms with E-state index in [0.717, 1.165) is 5.56 Å². The Balaban J connectivity index is 1.75. The lowest BCUT2D eigenvalue weighted by Crippen LogP contribution is -2.42. The number of aromatic nitrogens is 2. The van der Waals surface area contributed by atoms with E-state index in [0.29, 0.717) is 19.7 Å². The van der Waals surface area contributed by atoms with Crippen LogP contribution in [0.25, 0.3) is 0 Å². The van der Waals surface area contributed by atoms with E-state index in [1.165, 1.54) is 12.1 Å². The predicted octanol–water partition coefficient (Wildman–Crippen LogP) is 1.00. The molecular formula is C13H13FN4O3. The molecule has 1 aliphatic rings. The van der Waals surface area contributed by atoms with Gasteiger partial charge in [-0.2, -0.15) is 0 Å². The van der Waals surface area contributed by atoms with Crippen LogP contribution >= 0.6 is 0 Å². The van der Waals surface area contributed by atoms with Gasteiger partial charge in [0.15, 0.2) is 0 Å². The Kier molecular flexibility index (Phi) is 3.53. The molecular weight excluding hydrogens is 279 g/mol. The van der Waals surface area contributed by atoms with Gasteiger partial charge in [0.1, 0.15) is 11.9 Å². The van der Waals surface area contributed by atoms with Gasteiger partial charge < -0.3 is 15.4 Å². The first kappa shape index (κ1) is 13.5. The first-order chi connectivity index (χ1) is 10.1. The maximum atomic E-state index is 12.9. The number of ether oxygens (including phenoxy) is 1. The number of nitrogen functional groups attached to an aromatic ring is 1. The quantitative estimate of drug-likeness (QED) is 0.887. The average Bonchev–Trinajstić information content (AvgIpc) is 2.93. The Morgan fingerprint density at radius 2 is 2.10 bits per heavy atom. The van der Waals surface area contributed by atoms with E-state index >= 15 is 0 Å². The van der Waals surface area contributed by atoms with Crippen molar-refractivity contribution in [3.05, 3.63) is 41.3 Å². The molecule has 1 unspecified atom stereocenters. The fraction of sp³-hybridized carbons (Fsp3) is 0.308. The standard InChI is InChI=1S/C13H13FN4O3/c14-9-3-1-8(2-4-9)10-7-18(5-6-20-10)13(19)11-12(15)17-21-16-11/h1-4,10H,5-7H2,(H2,15,17). The molecule has 1 atom stereocenters. The van der Waals surface area contributed by atoms with Gasteiger partial charge in [-0.1, -0.05) is 12.1 Å². The highest BCUT2D eigenvalue weighted by atomic mass is 19.1. The summed E-state index contributed by atoms with van der Waals surface area (Å²) in [6, 6.07) is 6.00. The highest BCUT2D eigenvalue weighted by Gasteiger charge is 2.29. The zero-order valence-corrected chi connectivity index (χ0v) is 11.0. The van der Waals surface area contributed by atoms with Gasteiger partial charge in [-0.05, 0) is 28.0 Å². The molecule has 0 saturated carbocycles. The molecule has 21 heavy (non-hydrogen) atoms. The van der Waals surface area contributed by atoms with Gasteiger partial charge in [-0.25, -0.2) is 9.02 Å². The van der Waals surface area contributed by atoms with Crippen molar-refractivity contribution in [1.29, 1.82) is 0 Å². The Morgan fingerprint density at radius 1 is 1.33 bits per heavy atom. The van der Waals surface area contributed by atoms with Crippen LogP contribution in [0.2, 0.25) is 0 Å². The largest absolute Gasteiger partial charge is 0.379 e. The summed E-state index contributed by atoms with van der Waals surface area (Å²) < 4.78 is 23.0. The molecule has 110 valence electrons. The summed E-state index contributed by atoms with van der Waals surface area (Å²) in [6.45, 7) is 1.12. The number of benzene rings is 1. The molecule has 2 N–H and O–H groups in total. The molecule has 0 bridgehead atoms. The molecule has 1 fully saturated rings. The minimum Gasteiger partial charge on any atom is -0.379 e. The van der Waals surface area contributed by atoms with Crippen LogP contribution < -0.4 is 5.73 Å². The summed E-state index contributed by atoms with van der Waals surface area (Å²) in [5.41, 5.74) is 6.32. The lowest BCUT2D eigenvalue weighted by Gasteiger charge is -2.32. The van der Waals surface area contributed by atoms with Gasteiger partial charge >= 0.3 is 0 Å². The van der Waals surface area contributed by atoms with Gasteiger partial charge in [0.05, 0.1) is 13.2 Å². The number of hydrogen-bond acceptors (Lipinski definition) is 6. The van der Waals surface area contributed by atoms with Crippen molar-refractivity contribution < 1.29 is 18.6 Å². The number of anilines is 1. The molecule has 1 saturated heterocycles. The molecule has 2 heterocycles. The summed E-state index contributed by atoms with van der Waals surface area (Å²) in [6.07, 6.45) is -0.315. The maximum Gasteiger partial charge on any atom is 0.280 e. The molecule has 0 aliphatic carbocycles. The second kappa shape index (κ2) is 5.49. The molecule has 3 rings (SSSR count). The lowest BCUT2D eigenvalue weighted by molar-refractivity contribution is -0.0231. The van der Waals surface area contributed by atoms with E-state index < -0.39 is 0 Å². The molecule has 0 spiro atoms. The highest BCUT2D eigenvalue weighted by molar-refractivity contribution is 5.96. The molecule has 2 aromatic rings. The molecule has 0 radical (unpaired) electrons. The third-order valence-electron chi connectivity index (χ3n) is 3.31. The number of rotatable bonds is 2. The van der Waals surface area contributed by atoms with Crippen molar-refractivity contribution in [1.82, 2.24) is 15.2 Å². The summed E-state index contributed by atoms with van der Waals surface area (Å²) in [5.74, 6) is -0.710. The highest BCUT2D eigenvalue weighted by Crippen LogP contribution is 2.23. The summed E-state index contributed by atoms with van der Waals surface area (Å²) >= 11 is 0. The number of nitrogens with zero attached hydrogens (tertiary/aromatic N) is 3. The van der Waals surface area contributed by atoms with Crippen molar-refractivity contribution in [2.75, 3.05) is 25.4 Å². The number of halogens is 1. The first-order valence-electron chi connectivity index (χ1n) is 6.39. The normalized spacial score (nSPS) is 18.7. The van der Waals surface area contributed by atoms with Crippen molar-refractivity contribution in [3.8, 4) is 0 Å². The number of carbonyl (C=O) groups is 1. The van der Waals surface area contributed by atoms with Crippen LogP contribution in [0.3, 0.4) is 0 Å². The maximum absolute atomic E-state index is 12.9. The molecule has 1 aliphatic heterocycles. The Labute approximate surface area is 119 Å². The van der Waals surface area contributed by atoms with E-state index in [-0.39, 0.29) is 29.3 Å². The van der Waals surface area contributed by atoms with Crippen LogP contribution in [0.4, 0.5) is 10.2 Å².